The fourth-order valence-electron chi connectivity index (χ4n) is 2.50. The normalized spacial score (nSPS) is 27.2. The Bertz CT molecular complexity index is 464. The summed E-state index contributed by atoms with van der Waals surface area (Å²) in [6, 6.07) is 1.52. The fraction of sp³-hybridized carbons (Fsp3) is 0.545. The van der Waals surface area contributed by atoms with Crippen LogP contribution in [0.2, 0.25) is 0 Å². The van der Waals surface area contributed by atoms with Crippen LogP contribution >= 0.6 is 0 Å². The van der Waals surface area contributed by atoms with E-state index in [1.165, 1.54) is 4.90 Å². The van der Waals surface area contributed by atoms with Crippen molar-refractivity contribution in [2.45, 2.75) is 18.5 Å². The summed E-state index contributed by atoms with van der Waals surface area (Å²) in [4.78, 5) is 25.4. The molecule has 0 aromatic carbocycles. The van der Waals surface area contributed by atoms with Gasteiger partial charge in [0.15, 0.2) is 0 Å². The minimum Gasteiger partial charge on any atom is -0.322 e. The van der Waals surface area contributed by atoms with Gasteiger partial charge in [0.2, 0.25) is 0 Å². The van der Waals surface area contributed by atoms with Crippen molar-refractivity contribution >= 4 is 11.9 Å². The molecule has 96 valence electrons. The van der Waals surface area contributed by atoms with Crippen molar-refractivity contribution in [3.8, 4) is 0 Å². The van der Waals surface area contributed by atoms with Crippen LogP contribution in [0.5, 0.6) is 0 Å². The zero-order valence-electron chi connectivity index (χ0n) is 9.93. The van der Waals surface area contributed by atoms with Gasteiger partial charge in [-0.25, -0.2) is 4.79 Å². The van der Waals surface area contributed by atoms with Gasteiger partial charge in [-0.05, 0) is 19.0 Å². The Labute approximate surface area is 104 Å². The van der Waals surface area contributed by atoms with E-state index >= 15 is 0 Å². The molecule has 7 nitrogen and oxygen atoms in total. The van der Waals surface area contributed by atoms with Crippen LogP contribution in [-0.4, -0.2) is 51.8 Å². The molecule has 0 radical (unpaired) electrons. The molecule has 1 unspecified atom stereocenters. The lowest BCUT2D eigenvalue weighted by atomic mass is 9.99. The number of hydrogen-bond donors (Lipinski definition) is 2. The van der Waals surface area contributed by atoms with Crippen molar-refractivity contribution in [2.75, 3.05) is 19.6 Å². The molecule has 0 saturated carbocycles. The molecule has 7 heteroatoms. The average molecular weight is 249 g/mol. The molecule has 18 heavy (non-hydrogen) atoms. The lowest BCUT2D eigenvalue weighted by Crippen LogP contribution is -2.48. The average Bonchev–Trinajstić information content (AvgIpc) is 3.03. The molecule has 2 aliphatic heterocycles. The van der Waals surface area contributed by atoms with Gasteiger partial charge >= 0.3 is 6.03 Å². The van der Waals surface area contributed by atoms with Gasteiger partial charge in [0.25, 0.3) is 5.91 Å². The molecule has 3 amide bonds. The molecule has 3 heterocycles. The largest absolute Gasteiger partial charge is 0.325 e. The molecule has 2 fully saturated rings. The smallest absolute Gasteiger partial charge is 0.322 e. The van der Waals surface area contributed by atoms with Crippen LogP contribution in [0.25, 0.3) is 0 Å². The van der Waals surface area contributed by atoms with Crippen molar-refractivity contribution < 1.29 is 9.59 Å². The van der Waals surface area contributed by atoms with Gasteiger partial charge in [0.1, 0.15) is 5.54 Å². The highest BCUT2D eigenvalue weighted by molar-refractivity contribution is 6.07. The van der Waals surface area contributed by atoms with E-state index in [1.54, 1.807) is 10.9 Å². The van der Waals surface area contributed by atoms with Crippen LogP contribution in [-0.2, 0) is 11.3 Å². The summed E-state index contributed by atoms with van der Waals surface area (Å²) < 4.78 is 1.71. The zero-order valence-corrected chi connectivity index (χ0v) is 9.93. The number of urea groups is 1. The predicted octanol–water partition coefficient (Wildman–Crippen LogP) is -0.833. The van der Waals surface area contributed by atoms with E-state index in [2.05, 4.69) is 15.7 Å². The van der Waals surface area contributed by atoms with Crippen molar-refractivity contribution in [1.29, 1.82) is 0 Å². The van der Waals surface area contributed by atoms with E-state index in [1.807, 2.05) is 12.3 Å². The number of rotatable bonds is 3. The van der Waals surface area contributed by atoms with E-state index in [-0.39, 0.29) is 11.9 Å². The Kier molecular flexibility index (Phi) is 2.55. The minimum absolute atomic E-state index is 0.121. The number of aromatic nitrogens is 2. The van der Waals surface area contributed by atoms with E-state index in [0.717, 1.165) is 6.54 Å². The Hall–Kier alpha value is -1.89. The van der Waals surface area contributed by atoms with Gasteiger partial charge in [-0.3, -0.25) is 14.4 Å². The maximum Gasteiger partial charge on any atom is 0.325 e. The van der Waals surface area contributed by atoms with Gasteiger partial charge in [0.05, 0.1) is 13.1 Å². The number of imide groups is 1. The second-order valence-electron chi connectivity index (χ2n) is 4.66. The summed E-state index contributed by atoms with van der Waals surface area (Å²) in [6.07, 6.45) is 4.15. The first kappa shape index (κ1) is 11.2. The van der Waals surface area contributed by atoms with Crippen molar-refractivity contribution in [2.24, 2.45) is 0 Å². The molecule has 0 aliphatic carbocycles. The highest BCUT2D eigenvalue weighted by Crippen LogP contribution is 2.23. The Morgan fingerprint density at radius 2 is 2.28 bits per heavy atom. The molecule has 0 bridgehead atoms. The number of hydrogen-bond acceptors (Lipinski definition) is 4. The monoisotopic (exact) mass is 249 g/mol. The topological polar surface area (TPSA) is 79.3 Å². The quantitative estimate of drug-likeness (QED) is 0.685. The third kappa shape index (κ3) is 1.67. The van der Waals surface area contributed by atoms with E-state index in [4.69, 9.17) is 0 Å². The maximum atomic E-state index is 12.3. The van der Waals surface area contributed by atoms with Gasteiger partial charge in [-0.15, -0.1) is 0 Å². The standard InChI is InChI=1S/C11H15N5O2/c17-9-11(2-4-12-8-11)14-10(18)16(9)7-6-15-5-1-3-13-15/h1,3,5,12H,2,4,6-8H2,(H,14,18). The number of carbonyl (C=O) groups is 2. The van der Waals surface area contributed by atoms with Crippen LogP contribution in [0, 0.1) is 0 Å². The number of nitrogens with zero attached hydrogens (tertiary/aromatic N) is 3. The summed E-state index contributed by atoms with van der Waals surface area (Å²) in [5.41, 5.74) is -0.707. The first-order valence-corrected chi connectivity index (χ1v) is 6.04. The molecule has 2 N–H and O–H groups in total. The molecular formula is C11H15N5O2. The van der Waals surface area contributed by atoms with Crippen LogP contribution in [0.15, 0.2) is 18.5 Å². The molecular weight excluding hydrogens is 234 g/mol. The third-order valence-electron chi connectivity index (χ3n) is 3.51. The molecule has 3 rings (SSSR count). The number of nitrogens with one attached hydrogen (secondary N) is 2. The summed E-state index contributed by atoms with van der Waals surface area (Å²) in [6.45, 7) is 2.17. The Morgan fingerprint density at radius 1 is 1.39 bits per heavy atom. The lowest BCUT2D eigenvalue weighted by molar-refractivity contribution is -0.130. The lowest BCUT2D eigenvalue weighted by Gasteiger charge is -2.19. The summed E-state index contributed by atoms with van der Waals surface area (Å²) >= 11 is 0. The van der Waals surface area contributed by atoms with Crippen LogP contribution < -0.4 is 10.6 Å². The first-order chi connectivity index (χ1) is 8.71. The SMILES string of the molecule is O=C1NC2(CCNC2)C(=O)N1CCn1cccn1. The number of amides is 3. The fourth-order valence-corrected chi connectivity index (χ4v) is 2.50. The van der Waals surface area contributed by atoms with Crippen LogP contribution in [0.1, 0.15) is 6.42 Å². The molecule has 1 aromatic rings. The van der Waals surface area contributed by atoms with Gasteiger partial charge in [-0.2, -0.15) is 5.10 Å². The summed E-state index contributed by atoms with van der Waals surface area (Å²) in [7, 11) is 0. The van der Waals surface area contributed by atoms with Gasteiger partial charge in [-0.1, -0.05) is 0 Å². The summed E-state index contributed by atoms with van der Waals surface area (Å²) in [5.74, 6) is -0.121. The highest BCUT2D eigenvalue weighted by atomic mass is 16.2. The molecule has 1 spiro atoms. The van der Waals surface area contributed by atoms with E-state index < -0.39 is 5.54 Å². The van der Waals surface area contributed by atoms with E-state index in [0.29, 0.717) is 26.1 Å². The third-order valence-corrected chi connectivity index (χ3v) is 3.51. The second-order valence-corrected chi connectivity index (χ2v) is 4.66. The van der Waals surface area contributed by atoms with Crippen LogP contribution in [0.4, 0.5) is 4.79 Å². The Morgan fingerprint density at radius 3 is 2.94 bits per heavy atom. The van der Waals surface area contributed by atoms with Gasteiger partial charge in [0, 0.05) is 18.9 Å². The van der Waals surface area contributed by atoms with Crippen LogP contribution in [0.3, 0.4) is 0 Å². The molecule has 2 aliphatic rings. The maximum absolute atomic E-state index is 12.3. The minimum atomic E-state index is -0.707. The van der Waals surface area contributed by atoms with E-state index in [9.17, 15) is 9.59 Å². The molecule has 1 aromatic heterocycles. The first-order valence-electron chi connectivity index (χ1n) is 6.04. The molecule has 1 atom stereocenters. The number of carbonyl (C=O) groups excluding carboxylic acids is 2. The zero-order chi connectivity index (χ0) is 12.6. The summed E-state index contributed by atoms with van der Waals surface area (Å²) in [5, 5.41) is 9.97. The predicted molar refractivity (Wildman–Crippen MR) is 62.7 cm³/mol. The van der Waals surface area contributed by atoms with Crippen molar-refractivity contribution in [1.82, 2.24) is 25.3 Å². The highest BCUT2D eigenvalue weighted by Gasteiger charge is 2.52. The van der Waals surface area contributed by atoms with Gasteiger partial charge < -0.3 is 10.6 Å². The second kappa shape index (κ2) is 4.09. The molecule has 2 saturated heterocycles. The Balaban J connectivity index is 1.69. The van der Waals surface area contributed by atoms with Crippen molar-refractivity contribution in [3.63, 3.8) is 0 Å². The van der Waals surface area contributed by atoms with Crippen molar-refractivity contribution in [3.05, 3.63) is 18.5 Å².